The molecular formula is C18H38N2O. The summed E-state index contributed by atoms with van der Waals surface area (Å²) in [5, 5.41) is 3.60. The minimum Gasteiger partial charge on any atom is -0.383 e. The van der Waals surface area contributed by atoms with Gasteiger partial charge in [-0.05, 0) is 33.9 Å². The molecular weight excluding hydrogens is 260 g/mol. The number of hydrogen-bond acceptors (Lipinski definition) is 3. The second-order valence-electron chi connectivity index (χ2n) is 6.84. The Morgan fingerprint density at radius 1 is 1.00 bits per heavy atom. The zero-order valence-corrected chi connectivity index (χ0v) is 14.9. The molecule has 1 saturated carbocycles. The average molecular weight is 299 g/mol. The molecule has 0 saturated heterocycles. The second-order valence-corrected chi connectivity index (χ2v) is 6.84. The average Bonchev–Trinajstić information content (AvgIpc) is 2.47. The van der Waals surface area contributed by atoms with Crippen molar-refractivity contribution < 1.29 is 4.74 Å². The first-order valence-electron chi connectivity index (χ1n) is 9.08. The van der Waals surface area contributed by atoms with E-state index in [9.17, 15) is 0 Å². The van der Waals surface area contributed by atoms with Crippen molar-refractivity contribution in [3.8, 4) is 0 Å². The van der Waals surface area contributed by atoms with Gasteiger partial charge in [0.05, 0.1) is 6.61 Å². The Balaban J connectivity index is 2.64. The second kappa shape index (κ2) is 11.4. The van der Waals surface area contributed by atoms with Crippen molar-refractivity contribution in [2.75, 3.05) is 27.8 Å². The third-order valence-corrected chi connectivity index (χ3v) is 5.23. The maximum Gasteiger partial charge on any atom is 0.0615 e. The van der Waals surface area contributed by atoms with Crippen molar-refractivity contribution in [2.45, 2.75) is 89.3 Å². The first kappa shape index (κ1) is 18.9. The molecule has 1 N–H and O–H groups in total. The standard InChI is InChI=1S/C18H38N2O/c1-16(15-21-4)20(3)18-14-12-10-8-6-5-7-9-11-13-17(18)19-2/h16-19H,5-15H2,1-4H3. The van der Waals surface area contributed by atoms with E-state index >= 15 is 0 Å². The molecule has 0 aromatic heterocycles. The van der Waals surface area contributed by atoms with E-state index in [0.29, 0.717) is 18.1 Å². The number of methoxy groups -OCH3 is 1. The summed E-state index contributed by atoms with van der Waals surface area (Å²) in [6.45, 7) is 3.11. The Bertz CT molecular complexity index is 247. The lowest BCUT2D eigenvalue weighted by molar-refractivity contribution is 0.0694. The lowest BCUT2D eigenvalue weighted by Gasteiger charge is -2.38. The summed E-state index contributed by atoms with van der Waals surface area (Å²) in [4.78, 5) is 2.55. The van der Waals surface area contributed by atoms with Gasteiger partial charge in [0, 0.05) is 25.2 Å². The summed E-state index contributed by atoms with van der Waals surface area (Å²) in [6.07, 6.45) is 13.9. The van der Waals surface area contributed by atoms with E-state index in [1.54, 1.807) is 7.11 Å². The lowest BCUT2D eigenvalue weighted by Crippen LogP contribution is -2.51. The fourth-order valence-corrected chi connectivity index (χ4v) is 3.68. The third kappa shape index (κ3) is 7.12. The van der Waals surface area contributed by atoms with E-state index in [1.165, 1.54) is 64.2 Å². The third-order valence-electron chi connectivity index (χ3n) is 5.23. The maximum absolute atomic E-state index is 5.36. The van der Waals surface area contributed by atoms with Gasteiger partial charge < -0.3 is 10.1 Å². The molecule has 3 unspecified atom stereocenters. The fraction of sp³-hybridized carbons (Fsp3) is 1.00. The van der Waals surface area contributed by atoms with Gasteiger partial charge in [-0.1, -0.05) is 51.4 Å². The van der Waals surface area contributed by atoms with Gasteiger partial charge in [-0.2, -0.15) is 0 Å². The van der Waals surface area contributed by atoms with Gasteiger partial charge in [0.1, 0.15) is 0 Å². The van der Waals surface area contributed by atoms with Gasteiger partial charge in [0.15, 0.2) is 0 Å². The van der Waals surface area contributed by atoms with Crippen LogP contribution in [0, 0.1) is 0 Å². The molecule has 3 atom stereocenters. The quantitative estimate of drug-likeness (QED) is 0.835. The van der Waals surface area contributed by atoms with Crippen LogP contribution in [0.4, 0.5) is 0 Å². The molecule has 1 aliphatic rings. The molecule has 0 aliphatic heterocycles. The molecule has 3 heteroatoms. The van der Waals surface area contributed by atoms with E-state index in [-0.39, 0.29) is 0 Å². The first-order valence-corrected chi connectivity index (χ1v) is 9.08. The molecule has 3 nitrogen and oxygen atoms in total. The predicted octanol–water partition coefficient (Wildman–Crippen LogP) is 3.82. The number of rotatable bonds is 5. The molecule has 0 heterocycles. The molecule has 0 spiro atoms. The number of ether oxygens (including phenoxy) is 1. The van der Waals surface area contributed by atoms with Gasteiger partial charge in [0.2, 0.25) is 0 Å². The molecule has 1 rings (SSSR count). The fourth-order valence-electron chi connectivity index (χ4n) is 3.68. The summed E-state index contributed by atoms with van der Waals surface area (Å²) in [5.74, 6) is 0. The van der Waals surface area contributed by atoms with Crippen LogP contribution in [0.1, 0.15) is 71.1 Å². The van der Waals surface area contributed by atoms with Crippen LogP contribution in [0.25, 0.3) is 0 Å². The molecule has 0 aromatic rings. The number of nitrogens with zero attached hydrogens (tertiary/aromatic N) is 1. The Labute approximate surface area is 132 Å². The van der Waals surface area contributed by atoms with Crippen molar-refractivity contribution >= 4 is 0 Å². The Hall–Kier alpha value is -0.120. The van der Waals surface area contributed by atoms with Gasteiger partial charge in [-0.25, -0.2) is 0 Å². The molecule has 21 heavy (non-hydrogen) atoms. The zero-order chi connectivity index (χ0) is 15.5. The largest absolute Gasteiger partial charge is 0.383 e. The zero-order valence-electron chi connectivity index (χ0n) is 14.9. The van der Waals surface area contributed by atoms with Gasteiger partial charge in [-0.3, -0.25) is 4.90 Å². The van der Waals surface area contributed by atoms with Crippen LogP contribution >= 0.6 is 0 Å². The number of nitrogens with one attached hydrogen (secondary N) is 1. The van der Waals surface area contributed by atoms with Crippen LogP contribution < -0.4 is 5.32 Å². The number of hydrogen-bond donors (Lipinski definition) is 1. The van der Waals surface area contributed by atoms with Gasteiger partial charge in [-0.15, -0.1) is 0 Å². The number of likely N-dealkylation sites (N-methyl/N-ethyl adjacent to an activating group) is 2. The summed E-state index contributed by atoms with van der Waals surface area (Å²) in [7, 11) is 6.23. The van der Waals surface area contributed by atoms with Crippen LogP contribution in [0.2, 0.25) is 0 Å². The van der Waals surface area contributed by atoms with E-state index in [0.717, 1.165) is 6.61 Å². The van der Waals surface area contributed by atoms with E-state index in [1.807, 2.05) is 0 Å². The lowest BCUT2D eigenvalue weighted by atomic mass is 9.92. The van der Waals surface area contributed by atoms with Gasteiger partial charge >= 0.3 is 0 Å². The van der Waals surface area contributed by atoms with Crippen LogP contribution in [0.15, 0.2) is 0 Å². The van der Waals surface area contributed by atoms with E-state index in [4.69, 9.17) is 4.74 Å². The van der Waals surface area contributed by atoms with Crippen molar-refractivity contribution in [1.82, 2.24) is 10.2 Å². The Morgan fingerprint density at radius 3 is 2.05 bits per heavy atom. The smallest absolute Gasteiger partial charge is 0.0615 e. The Kier molecular flexibility index (Phi) is 10.3. The molecule has 0 bridgehead atoms. The highest BCUT2D eigenvalue weighted by atomic mass is 16.5. The Morgan fingerprint density at radius 2 is 1.52 bits per heavy atom. The topological polar surface area (TPSA) is 24.5 Å². The van der Waals surface area contributed by atoms with E-state index in [2.05, 4.69) is 31.2 Å². The van der Waals surface area contributed by atoms with Crippen molar-refractivity contribution in [3.63, 3.8) is 0 Å². The van der Waals surface area contributed by atoms with Crippen molar-refractivity contribution in [3.05, 3.63) is 0 Å². The molecule has 0 amide bonds. The molecule has 0 radical (unpaired) electrons. The normalized spacial score (nSPS) is 27.9. The molecule has 1 aliphatic carbocycles. The summed E-state index contributed by atoms with van der Waals surface area (Å²) < 4.78 is 5.36. The molecule has 1 fully saturated rings. The van der Waals surface area contributed by atoms with Crippen LogP contribution in [-0.2, 0) is 4.74 Å². The van der Waals surface area contributed by atoms with Crippen LogP contribution in [-0.4, -0.2) is 50.8 Å². The van der Waals surface area contributed by atoms with Gasteiger partial charge in [0.25, 0.3) is 0 Å². The highest BCUT2D eigenvalue weighted by molar-refractivity contribution is 4.85. The summed E-state index contributed by atoms with van der Waals surface area (Å²) in [6, 6.07) is 1.75. The van der Waals surface area contributed by atoms with Crippen LogP contribution in [0.5, 0.6) is 0 Å². The maximum atomic E-state index is 5.36. The summed E-state index contributed by atoms with van der Waals surface area (Å²) in [5.41, 5.74) is 0. The predicted molar refractivity (Wildman–Crippen MR) is 91.9 cm³/mol. The van der Waals surface area contributed by atoms with Crippen molar-refractivity contribution in [2.24, 2.45) is 0 Å². The first-order chi connectivity index (χ1) is 10.2. The molecule has 126 valence electrons. The van der Waals surface area contributed by atoms with E-state index < -0.39 is 0 Å². The molecule has 0 aromatic carbocycles. The SMILES string of the molecule is CNC1CCCCCCCCCCC1N(C)C(C)COC. The van der Waals surface area contributed by atoms with Crippen LogP contribution in [0.3, 0.4) is 0 Å². The highest BCUT2D eigenvalue weighted by Crippen LogP contribution is 2.21. The highest BCUT2D eigenvalue weighted by Gasteiger charge is 2.26. The minimum atomic E-state index is 0.490. The van der Waals surface area contributed by atoms with Crippen molar-refractivity contribution in [1.29, 1.82) is 0 Å². The minimum absolute atomic E-state index is 0.490. The summed E-state index contributed by atoms with van der Waals surface area (Å²) >= 11 is 0. The monoisotopic (exact) mass is 298 g/mol.